The van der Waals surface area contributed by atoms with Gasteiger partial charge in [0.05, 0.1) is 0 Å². The van der Waals surface area contributed by atoms with Crippen molar-refractivity contribution in [2.75, 3.05) is 0 Å². The van der Waals surface area contributed by atoms with Crippen LogP contribution in [-0.2, 0) is 16.1 Å². The maximum atomic E-state index is 13.8. The van der Waals surface area contributed by atoms with E-state index in [-0.39, 0.29) is 30.0 Å². The Balaban J connectivity index is 2.15. The Labute approximate surface area is 128 Å². The van der Waals surface area contributed by atoms with E-state index in [9.17, 15) is 18.4 Å². The molecular formula is C16H20F2N2O2. The number of carbonyl (C=O) groups is 2. The number of rotatable bonds is 4. The Morgan fingerprint density at radius 2 is 2.14 bits per heavy atom. The van der Waals surface area contributed by atoms with Crippen molar-refractivity contribution in [1.29, 1.82) is 0 Å². The fraction of sp³-hybridized carbons (Fsp3) is 0.500. The minimum atomic E-state index is -0.675. The second-order valence-corrected chi connectivity index (χ2v) is 5.81. The first kappa shape index (κ1) is 16.4. The summed E-state index contributed by atoms with van der Waals surface area (Å²) in [6.07, 6.45) is 1.68. The highest BCUT2D eigenvalue weighted by atomic mass is 19.1. The average molecular weight is 310 g/mol. The third-order valence-electron chi connectivity index (χ3n) is 3.79. The maximum Gasteiger partial charge on any atom is 0.245 e. The molecule has 1 saturated heterocycles. The number of hydrogen-bond donors (Lipinski definition) is 1. The van der Waals surface area contributed by atoms with Gasteiger partial charge in [0, 0.05) is 30.6 Å². The molecule has 2 rings (SSSR count). The summed E-state index contributed by atoms with van der Waals surface area (Å²) in [5.41, 5.74) is 0.255. The summed E-state index contributed by atoms with van der Waals surface area (Å²) in [5.74, 6) is -1.69. The van der Waals surface area contributed by atoms with Crippen molar-refractivity contribution in [3.8, 4) is 0 Å². The number of carbonyl (C=O) groups excluding carboxylic acids is 2. The second kappa shape index (κ2) is 6.85. The van der Waals surface area contributed by atoms with Gasteiger partial charge in [0.25, 0.3) is 0 Å². The molecule has 1 aromatic rings. The average Bonchev–Trinajstić information content (AvgIpc) is 2.45. The van der Waals surface area contributed by atoms with E-state index in [0.29, 0.717) is 19.3 Å². The molecule has 0 unspecified atom stereocenters. The Morgan fingerprint density at radius 1 is 1.41 bits per heavy atom. The Morgan fingerprint density at radius 3 is 2.73 bits per heavy atom. The number of hydrogen-bond acceptors (Lipinski definition) is 2. The van der Waals surface area contributed by atoms with E-state index in [0.717, 1.165) is 6.07 Å². The Hall–Kier alpha value is -1.98. The van der Waals surface area contributed by atoms with Crippen LogP contribution in [0.5, 0.6) is 0 Å². The van der Waals surface area contributed by atoms with Gasteiger partial charge in [-0.25, -0.2) is 8.78 Å². The molecule has 1 aliphatic heterocycles. The molecule has 0 aliphatic carbocycles. The summed E-state index contributed by atoms with van der Waals surface area (Å²) < 4.78 is 26.8. The molecule has 6 heteroatoms. The van der Waals surface area contributed by atoms with Crippen molar-refractivity contribution in [3.05, 3.63) is 35.4 Å². The number of halogens is 2. The van der Waals surface area contributed by atoms with Crippen molar-refractivity contribution < 1.29 is 18.4 Å². The van der Waals surface area contributed by atoms with Crippen molar-refractivity contribution in [2.45, 2.75) is 51.7 Å². The summed E-state index contributed by atoms with van der Waals surface area (Å²) >= 11 is 0. The van der Waals surface area contributed by atoms with Gasteiger partial charge >= 0.3 is 0 Å². The molecule has 1 aromatic carbocycles. The molecule has 2 amide bonds. The fourth-order valence-electron chi connectivity index (χ4n) is 2.54. The van der Waals surface area contributed by atoms with E-state index in [2.05, 4.69) is 5.32 Å². The molecule has 4 nitrogen and oxygen atoms in total. The first-order valence-corrected chi connectivity index (χ1v) is 7.42. The van der Waals surface area contributed by atoms with Gasteiger partial charge in [-0.05, 0) is 32.8 Å². The van der Waals surface area contributed by atoms with E-state index in [1.165, 1.54) is 17.0 Å². The number of piperidine rings is 1. The molecule has 1 fully saturated rings. The Bertz CT molecular complexity index is 575. The van der Waals surface area contributed by atoms with Crippen LogP contribution in [0.4, 0.5) is 8.78 Å². The fourth-order valence-corrected chi connectivity index (χ4v) is 2.54. The highest BCUT2D eigenvalue weighted by molar-refractivity contribution is 5.88. The van der Waals surface area contributed by atoms with Crippen molar-refractivity contribution in [1.82, 2.24) is 10.2 Å². The van der Waals surface area contributed by atoms with Crippen LogP contribution >= 0.6 is 0 Å². The summed E-state index contributed by atoms with van der Waals surface area (Å²) in [5, 5.41) is 2.68. The number of nitrogens with zero attached hydrogens (tertiary/aromatic N) is 1. The van der Waals surface area contributed by atoms with Crippen LogP contribution in [0.2, 0.25) is 0 Å². The molecule has 1 atom stereocenters. The molecule has 0 radical (unpaired) electrons. The minimum Gasteiger partial charge on any atom is -0.344 e. The van der Waals surface area contributed by atoms with Crippen LogP contribution in [0.3, 0.4) is 0 Å². The zero-order valence-corrected chi connectivity index (χ0v) is 12.7. The van der Waals surface area contributed by atoms with Gasteiger partial charge in [-0.3, -0.25) is 9.59 Å². The van der Waals surface area contributed by atoms with E-state index < -0.39 is 17.7 Å². The zero-order chi connectivity index (χ0) is 16.3. The van der Waals surface area contributed by atoms with Gasteiger partial charge in [0.1, 0.15) is 17.7 Å². The predicted octanol–water partition coefficient (Wildman–Crippen LogP) is 2.37. The van der Waals surface area contributed by atoms with Crippen molar-refractivity contribution in [2.24, 2.45) is 0 Å². The summed E-state index contributed by atoms with van der Waals surface area (Å²) in [4.78, 5) is 25.5. The molecule has 120 valence electrons. The van der Waals surface area contributed by atoms with Gasteiger partial charge in [0.15, 0.2) is 0 Å². The summed E-state index contributed by atoms with van der Waals surface area (Å²) in [7, 11) is 0. The van der Waals surface area contributed by atoms with E-state index >= 15 is 0 Å². The van der Waals surface area contributed by atoms with Crippen LogP contribution in [0.15, 0.2) is 18.2 Å². The monoisotopic (exact) mass is 310 g/mol. The molecule has 1 aliphatic rings. The largest absolute Gasteiger partial charge is 0.344 e. The molecule has 1 N–H and O–H groups in total. The standard InChI is InChI=1S/C16H20F2N2O2/c1-10(2)20(9-11-6-7-12(17)8-13(11)18)16(22)14-4-3-5-15(21)19-14/h6-8,10,14H,3-5,9H2,1-2H3,(H,19,21)/t14-/m1/s1. The van der Waals surface area contributed by atoms with Crippen molar-refractivity contribution in [3.63, 3.8) is 0 Å². The lowest BCUT2D eigenvalue weighted by Crippen LogP contribution is -2.52. The SMILES string of the molecule is CC(C)N(Cc1ccc(F)cc1F)C(=O)[C@H]1CCCC(=O)N1. The molecule has 0 bridgehead atoms. The molecule has 22 heavy (non-hydrogen) atoms. The third kappa shape index (κ3) is 3.81. The maximum absolute atomic E-state index is 13.8. The van der Waals surface area contributed by atoms with Gasteiger partial charge in [-0.2, -0.15) is 0 Å². The normalized spacial score (nSPS) is 18.2. The number of amides is 2. The summed E-state index contributed by atoms with van der Waals surface area (Å²) in [6, 6.07) is 2.60. The predicted molar refractivity (Wildman–Crippen MR) is 77.8 cm³/mol. The first-order valence-electron chi connectivity index (χ1n) is 7.42. The molecule has 0 aromatic heterocycles. The number of benzene rings is 1. The molecular weight excluding hydrogens is 290 g/mol. The van der Waals surface area contributed by atoms with Gasteiger partial charge in [-0.15, -0.1) is 0 Å². The quantitative estimate of drug-likeness (QED) is 0.928. The van der Waals surface area contributed by atoms with E-state index in [1.54, 1.807) is 0 Å². The van der Waals surface area contributed by atoms with E-state index in [1.807, 2.05) is 13.8 Å². The highest BCUT2D eigenvalue weighted by Gasteiger charge is 2.30. The minimum absolute atomic E-state index is 0.0506. The van der Waals surface area contributed by atoms with Crippen LogP contribution in [0.25, 0.3) is 0 Å². The van der Waals surface area contributed by atoms with Gasteiger partial charge in [-0.1, -0.05) is 6.07 Å². The molecule has 1 heterocycles. The smallest absolute Gasteiger partial charge is 0.245 e. The molecule has 0 saturated carbocycles. The summed E-state index contributed by atoms with van der Waals surface area (Å²) in [6.45, 7) is 3.70. The van der Waals surface area contributed by atoms with Crippen LogP contribution < -0.4 is 5.32 Å². The lowest BCUT2D eigenvalue weighted by atomic mass is 10.0. The van der Waals surface area contributed by atoms with Crippen LogP contribution in [-0.4, -0.2) is 28.8 Å². The van der Waals surface area contributed by atoms with Crippen LogP contribution in [0.1, 0.15) is 38.7 Å². The molecule has 0 spiro atoms. The third-order valence-corrected chi connectivity index (χ3v) is 3.79. The second-order valence-electron chi connectivity index (χ2n) is 5.81. The van der Waals surface area contributed by atoms with Crippen molar-refractivity contribution >= 4 is 11.8 Å². The zero-order valence-electron chi connectivity index (χ0n) is 12.7. The lowest BCUT2D eigenvalue weighted by molar-refractivity contribution is -0.140. The van der Waals surface area contributed by atoms with Gasteiger partial charge in [0.2, 0.25) is 11.8 Å². The first-order chi connectivity index (χ1) is 10.4. The highest BCUT2D eigenvalue weighted by Crippen LogP contribution is 2.17. The van der Waals surface area contributed by atoms with Gasteiger partial charge < -0.3 is 10.2 Å². The Kier molecular flexibility index (Phi) is 5.11. The van der Waals surface area contributed by atoms with E-state index in [4.69, 9.17) is 0 Å². The van der Waals surface area contributed by atoms with Crippen LogP contribution in [0, 0.1) is 11.6 Å². The topological polar surface area (TPSA) is 49.4 Å². The number of nitrogens with one attached hydrogen (secondary N) is 1. The lowest BCUT2D eigenvalue weighted by Gasteiger charge is -2.32.